The lowest BCUT2D eigenvalue weighted by molar-refractivity contribution is -0.133. The van der Waals surface area contributed by atoms with E-state index in [1.165, 1.54) is 0 Å². The lowest BCUT2D eigenvalue weighted by Crippen LogP contribution is -2.41. The summed E-state index contributed by atoms with van der Waals surface area (Å²) in [5.41, 5.74) is 0. The smallest absolute Gasteiger partial charge is 0.258 e. The highest BCUT2D eigenvalue weighted by molar-refractivity contribution is 5.85. The average molecular weight is 294 g/mol. The summed E-state index contributed by atoms with van der Waals surface area (Å²) in [4.78, 5) is 25.0. The zero-order valence-electron chi connectivity index (χ0n) is 12.7. The molecule has 1 aromatic rings. The Morgan fingerprint density at radius 3 is 2.19 bits per heavy atom. The van der Waals surface area contributed by atoms with Crippen LogP contribution >= 0.6 is 0 Å². The minimum atomic E-state index is -0.327. The molecule has 0 aromatic heterocycles. The maximum atomic E-state index is 11.7. The number of hydrogen-bond acceptors (Lipinski definition) is 4. The molecule has 6 heteroatoms. The predicted molar refractivity (Wildman–Crippen MR) is 79.4 cm³/mol. The highest BCUT2D eigenvalue weighted by atomic mass is 16.5. The molecule has 21 heavy (non-hydrogen) atoms. The SMILES string of the molecule is CCN(CC)C(=O)CNC(=O)COc1ccc(OC)cc1. The zero-order valence-corrected chi connectivity index (χ0v) is 12.7. The summed E-state index contributed by atoms with van der Waals surface area (Å²) in [6.45, 7) is 4.93. The lowest BCUT2D eigenvalue weighted by Gasteiger charge is -2.18. The second-order valence-electron chi connectivity index (χ2n) is 4.31. The molecule has 0 unspecified atom stereocenters. The topological polar surface area (TPSA) is 67.9 Å². The summed E-state index contributed by atoms with van der Waals surface area (Å²) < 4.78 is 10.3. The summed E-state index contributed by atoms with van der Waals surface area (Å²) in [7, 11) is 1.58. The number of nitrogens with one attached hydrogen (secondary N) is 1. The van der Waals surface area contributed by atoms with E-state index in [1.807, 2.05) is 13.8 Å². The van der Waals surface area contributed by atoms with Crippen molar-refractivity contribution in [1.29, 1.82) is 0 Å². The van der Waals surface area contributed by atoms with Crippen LogP contribution in [0.15, 0.2) is 24.3 Å². The van der Waals surface area contributed by atoms with Gasteiger partial charge in [0.05, 0.1) is 13.7 Å². The molecule has 1 rings (SSSR count). The maximum Gasteiger partial charge on any atom is 0.258 e. The molecular weight excluding hydrogens is 272 g/mol. The van der Waals surface area contributed by atoms with Gasteiger partial charge in [0.1, 0.15) is 11.5 Å². The molecule has 0 spiro atoms. The van der Waals surface area contributed by atoms with Crippen molar-refractivity contribution in [1.82, 2.24) is 10.2 Å². The Hall–Kier alpha value is -2.24. The fourth-order valence-corrected chi connectivity index (χ4v) is 1.73. The van der Waals surface area contributed by atoms with Crippen LogP contribution < -0.4 is 14.8 Å². The number of likely N-dealkylation sites (N-methyl/N-ethyl adjacent to an activating group) is 1. The molecule has 2 amide bonds. The van der Waals surface area contributed by atoms with E-state index < -0.39 is 0 Å². The van der Waals surface area contributed by atoms with E-state index in [2.05, 4.69) is 5.32 Å². The normalized spacial score (nSPS) is 9.86. The van der Waals surface area contributed by atoms with Crippen LogP contribution in [-0.2, 0) is 9.59 Å². The molecule has 0 saturated heterocycles. The van der Waals surface area contributed by atoms with E-state index in [4.69, 9.17) is 9.47 Å². The molecular formula is C15H22N2O4. The lowest BCUT2D eigenvalue weighted by atomic mass is 10.3. The molecule has 0 aliphatic rings. The number of amides is 2. The van der Waals surface area contributed by atoms with Crippen molar-refractivity contribution in [2.75, 3.05) is 33.4 Å². The van der Waals surface area contributed by atoms with Crippen LogP contribution in [0.2, 0.25) is 0 Å². The van der Waals surface area contributed by atoms with Gasteiger partial charge in [0, 0.05) is 13.1 Å². The summed E-state index contributed by atoms with van der Waals surface area (Å²) in [6, 6.07) is 6.93. The summed E-state index contributed by atoms with van der Waals surface area (Å²) >= 11 is 0. The molecule has 0 heterocycles. The Kier molecular flexibility index (Phi) is 7.08. The molecule has 0 aliphatic heterocycles. The van der Waals surface area contributed by atoms with Crippen LogP contribution in [0, 0.1) is 0 Å². The summed E-state index contributed by atoms with van der Waals surface area (Å²) in [5.74, 6) is 0.863. The van der Waals surface area contributed by atoms with Crippen LogP contribution in [0.4, 0.5) is 0 Å². The Balaban J connectivity index is 2.32. The second-order valence-corrected chi connectivity index (χ2v) is 4.31. The maximum absolute atomic E-state index is 11.7. The third-order valence-electron chi connectivity index (χ3n) is 2.98. The first kappa shape index (κ1) is 16.8. The Bertz CT molecular complexity index is 455. The third-order valence-corrected chi connectivity index (χ3v) is 2.98. The van der Waals surface area contributed by atoms with Gasteiger partial charge in [-0.1, -0.05) is 0 Å². The second kappa shape index (κ2) is 8.84. The Labute approximate surface area is 125 Å². The van der Waals surface area contributed by atoms with Gasteiger partial charge in [0.25, 0.3) is 5.91 Å². The van der Waals surface area contributed by atoms with E-state index in [0.29, 0.717) is 18.8 Å². The number of carbonyl (C=O) groups excluding carboxylic acids is 2. The van der Waals surface area contributed by atoms with E-state index in [1.54, 1.807) is 36.3 Å². The summed E-state index contributed by atoms with van der Waals surface area (Å²) in [6.07, 6.45) is 0. The van der Waals surface area contributed by atoms with E-state index >= 15 is 0 Å². The van der Waals surface area contributed by atoms with Crippen molar-refractivity contribution in [3.05, 3.63) is 24.3 Å². The molecule has 6 nitrogen and oxygen atoms in total. The van der Waals surface area contributed by atoms with Crippen LogP contribution in [-0.4, -0.2) is 50.1 Å². The van der Waals surface area contributed by atoms with Gasteiger partial charge in [-0.05, 0) is 38.1 Å². The van der Waals surface area contributed by atoms with Gasteiger partial charge in [0.15, 0.2) is 6.61 Å². The number of methoxy groups -OCH3 is 1. The molecule has 0 saturated carbocycles. The van der Waals surface area contributed by atoms with Gasteiger partial charge in [-0.15, -0.1) is 0 Å². The van der Waals surface area contributed by atoms with E-state index in [0.717, 1.165) is 5.75 Å². The predicted octanol–water partition coefficient (Wildman–Crippen LogP) is 1.06. The molecule has 0 aliphatic carbocycles. The van der Waals surface area contributed by atoms with Gasteiger partial charge in [-0.2, -0.15) is 0 Å². The number of rotatable bonds is 8. The van der Waals surface area contributed by atoms with Gasteiger partial charge in [0.2, 0.25) is 5.91 Å². The van der Waals surface area contributed by atoms with Crippen molar-refractivity contribution >= 4 is 11.8 Å². The number of ether oxygens (including phenoxy) is 2. The average Bonchev–Trinajstić information content (AvgIpc) is 2.52. The first-order valence-corrected chi connectivity index (χ1v) is 6.92. The number of benzene rings is 1. The van der Waals surface area contributed by atoms with Crippen molar-refractivity contribution in [2.45, 2.75) is 13.8 Å². The van der Waals surface area contributed by atoms with Crippen molar-refractivity contribution in [3.63, 3.8) is 0 Å². The third kappa shape index (κ3) is 5.72. The molecule has 0 atom stereocenters. The highest BCUT2D eigenvalue weighted by Crippen LogP contribution is 2.16. The fraction of sp³-hybridized carbons (Fsp3) is 0.467. The van der Waals surface area contributed by atoms with Crippen molar-refractivity contribution in [3.8, 4) is 11.5 Å². The van der Waals surface area contributed by atoms with Gasteiger partial charge >= 0.3 is 0 Å². The van der Waals surface area contributed by atoms with Crippen molar-refractivity contribution in [2.24, 2.45) is 0 Å². The largest absolute Gasteiger partial charge is 0.497 e. The van der Waals surface area contributed by atoms with Crippen LogP contribution in [0.5, 0.6) is 11.5 Å². The molecule has 1 aromatic carbocycles. The van der Waals surface area contributed by atoms with E-state index in [-0.39, 0.29) is 25.0 Å². The molecule has 116 valence electrons. The van der Waals surface area contributed by atoms with Crippen LogP contribution in [0.3, 0.4) is 0 Å². The Morgan fingerprint density at radius 2 is 1.67 bits per heavy atom. The molecule has 0 fully saturated rings. The molecule has 0 bridgehead atoms. The first-order chi connectivity index (χ1) is 10.1. The van der Waals surface area contributed by atoms with Gasteiger partial charge in [-0.25, -0.2) is 0 Å². The fourth-order valence-electron chi connectivity index (χ4n) is 1.73. The number of hydrogen-bond donors (Lipinski definition) is 1. The Morgan fingerprint density at radius 1 is 1.10 bits per heavy atom. The number of nitrogens with zero attached hydrogens (tertiary/aromatic N) is 1. The first-order valence-electron chi connectivity index (χ1n) is 6.92. The number of carbonyl (C=O) groups is 2. The van der Waals surface area contributed by atoms with Crippen LogP contribution in [0.1, 0.15) is 13.8 Å². The monoisotopic (exact) mass is 294 g/mol. The van der Waals surface area contributed by atoms with Gasteiger partial charge in [-0.3, -0.25) is 9.59 Å². The highest BCUT2D eigenvalue weighted by Gasteiger charge is 2.11. The van der Waals surface area contributed by atoms with E-state index in [9.17, 15) is 9.59 Å². The summed E-state index contributed by atoms with van der Waals surface area (Å²) in [5, 5.41) is 2.54. The standard InChI is InChI=1S/C15H22N2O4/c1-4-17(5-2)15(19)10-16-14(18)11-21-13-8-6-12(20-3)7-9-13/h6-9H,4-5,10-11H2,1-3H3,(H,16,18). The quantitative estimate of drug-likeness (QED) is 0.778. The van der Waals surface area contributed by atoms with Crippen molar-refractivity contribution < 1.29 is 19.1 Å². The minimum Gasteiger partial charge on any atom is -0.497 e. The zero-order chi connectivity index (χ0) is 15.7. The van der Waals surface area contributed by atoms with Gasteiger partial charge < -0.3 is 19.7 Å². The van der Waals surface area contributed by atoms with Crippen LogP contribution in [0.25, 0.3) is 0 Å². The molecule has 1 N–H and O–H groups in total. The molecule has 0 radical (unpaired) electrons. The minimum absolute atomic E-state index is 0.00745.